The lowest BCUT2D eigenvalue weighted by molar-refractivity contribution is 1.94. The smallest absolute Gasteiger partial charge is 0.0683 e. The van der Waals surface area contributed by atoms with Gasteiger partial charge in [0, 0.05) is 0 Å². The second-order valence-corrected chi connectivity index (χ2v) is 7.46. The van der Waals surface area contributed by atoms with E-state index in [4.69, 9.17) is 0 Å². The van der Waals surface area contributed by atoms with Crippen molar-refractivity contribution >= 4 is 17.6 Å². The third kappa shape index (κ3) is 6.17. The fourth-order valence-corrected chi connectivity index (χ4v) is 3.00. The van der Waals surface area contributed by atoms with Crippen LogP contribution in [-0.4, -0.2) is 17.6 Å². The van der Waals surface area contributed by atoms with Gasteiger partial charge in [0.2, 0.25) is 0 Å². The van der Waals surface area contributed by atoms with Crippen molar-refractivity contribution in [3.63, 3.8) is 0 Å². The van der Waals surface area contributed by atoms with Crippen molar-refractivity contribution in [3.8, 4) is 0 Å². The van der Waals surface area contributed by atoms with Crippen molar-refractivity contribution in [2.75, 3.05) is 0 Å². The Kier molecular flexibility index (Phi) is 4.18. The van der Waals surface area contributed by atoms with Crippen LogP contribution in [0.4, 0.5) is 0 Å². The predicted octanol–water partition coefficient (Wildman–Crippen LogP) is 2.13. The van der Waals surface area contributed by atoms with E-state index in [1.54, 1.807) is 0 Å². The summed E-state index contributed by atoms with van der Waals surface area (Å²) in [5.41, 5.74) is 4.78. The van der Waals surface area contributed by atoms with E-state index >= 15 is 0 Å². The first-order valence-electron chi connectivity index (χ1n) is 2.91. The fourth-order valence-electron chi connectivity index (χ4n) is 0.333. The van der Waals surface area contributed by atoms with Crippen LogP contribution in [0.15, 0.2) is 11.4 Å². The third-order valence-electron chi connectivity index (χ3n) is 0.750. The molecule has 46 valence electrons. The maximum absolute atomic E-state index is 2.39. The van der Waals surface area contributed by atoms with E-state index in [9.17, 15) is 0 Å². The van der Waals surface area contributed by atoms with Gasteiger partial charge in [-0.05, 0) is 0 Å². The average molecular weight is 142 g/mol. The quantitative estimate of drug-likeness (QED) is 0.518. The summed E-state index contributed by atoms with van der Waals surface area (Å²) in [7, 11) is -0.170. The molecule has 0 fully saturated rings. The molecule has 2 heteroatoms. The lowest BCUT2D eigenvalue weighted by atomic mass is 11.2. The Hall–Kier alpha value is 0.174. The molecule has 0 amide bonds. The second kappa shape index (κ2) is 4.09. The summed E-state index contributed by atoms with van der Waals surface area (Å²) in [6.07, 6.45) is 0. The Labute approximate surface area is 55.8 Å². The summed E-state index contributed by atoms with van der Waals surface area (Å²) in [6, 6.07) is 0. The molecule has 2 radical (unpaired) electrons. The molecule has 0 rings (SSSR count). The highest BCUT2D eigenvalue weighted by atomic mass is 28.3. The second-order valence-electron chi connectivity index (χ2n) is 2.49. The molecule has 0 aliphatic carbocycles. The van der Waals surface area contributed by atoms with Gasteiger partial charge in [-0.2, -0.15) is 0 Å². The first-order chi connectivity index (χ1) is 3.63. The highest BCUT2D eigenvalue weighted by Crippen LogP contribution is 1.86. The molecule has 0 aliphatic heterocycles. The Morgan fingerprint density at radius 1 is 0.750 bits per heavy atom. The maximum atomic E-state index is 2.39. The first kappa shape index (κ1) is 8.17. The van der Waals surface area contributed by atoms with Crippen LogP contribution < -0.4 is 0 Å². The zero-order chi connectivity index (χ0) is 6.57. The minimum Gasteiger partial charge on any atom is -0.104 e. The third-order valence-corrected chi connectivity index (χ3v) is 2.75. The van der Waals surface area contributed by atoms with Crippen LogP contribution in [0.25, 0.3) is 0 Å². The molecular weight excluding hydrogens is 128 g/mol. The van der Waals surface area contributed by atoms with Crippen LogP contribution in [0.1, 0.15) is 0 Å². The summed E-state index contributed by atoms with van der Waals surface area (Å²) in [5.74, 6) is 0. The summed E-state index contributed by atoms with van der Waals surface area (Å²) in [5, 5.41) is 0. The molecule has 0 unspecified atom stereocenters. The van der Waals surface area contributed by atoms with E-state index in [2.05, 4.69) is 37.6 Å². The number of hydrogen-bond acceptors (Lipinski definition) is 0. The van der Waals surface area contributed by atoms with Crippen molar-refractivity contribution in [1.29, 1.82) is 0 Å². The fraction of sp³-hybridized carbons (Fsp3) is 0.667. The van der Waals surface area contributed by atoms with Crippen LogP contribution >= 0.6 is 0 Å². The predicted molar refractivity (Wildman–Crippen MR) is 44.1 cm³/mol. The molecule has 0 heterocycles. The lowest BCUT2D eigenvalue weighted by Gasteiger charge is -1.92. The van der Waals surface area contributed by atoms with Gasteiger partial charge in [0.25, 0.3) is 0 Å². The summed E-state index contributed by atoms with van der Waals surface area (Å²) < 4.78 is 0. The normalized spacial score (nSPS) is 12.2. The van der Waals surface area contributed by atoms with Gasteiger partial charge in [-0.3, -0.25) is 0 Å². The molecular formula is C6H14Si2. The maximum Gasteiger partial charge on any atom is 0.0683 e. The van der Waals surface area contributed by atoms with E-state index in [0.717, 1.165) is 0 Å². The molecule has 0 nitrogen and oxygen atoms in total. The number of rotatable bonds is 2. The topological polar surface area (TPSA) is 0 Å². The molecule has 0 aliphatic rings. The van der Waals surface area contributed by atoms with Crippen molar-refractivity contribution in [2.24, 2.45) is 0 Å². The van der Waals surface area contributed by atoms with E-state index in [-0.39, 0.29) is 17.6 Å². The molecule has 0 N–H and O–H groups in total. The zero-order valence-electron chi connectivity index (χ0n) is 6.15. The SMILES string of the molecule is C[Si](C)/C=C/[Si](C)C. The largest absolute Gasteiger partial charge is 0.104 e. The zero-order valence-corrected chi connectivity index (χ0v) is 8.15. The Morgan fingerprint density at radius 3 is 1.12 bits per heavy atom. The van der Waals surface area contributed by atoms with Gasteiger partial charge in [0.15, 0.2) is 0 Å². The molecule has 0 atom stereocenters. The standard InChI is InChI=1S/C6H14Si2/c1-7(2)5-6-8(3)4/h5-6H,1-4H3/b6-5+. The molecule has 8 heavy (non-hydrogen) atoms. The minimum atomic E-state index is -0.0849. The monoisotopic (exact) mass is 142 g/mol. The molecule has 0 bridgehead atoms. The van der Waals surface area contributed by atoms with E-state index < -0.39 is 0 Å². The van der Waals surface area contributed by atoms with Crippen LogP contribution in [0.5, 0.6) is 0 Å². The van der Waals surface area contributed by atoms with Gasteiger partial charge in [0.1, 0.15) is 0 Å². The van der Waals surface area contributed by atoms with E-state index in [0.29, 0.717) is 0 Å². The Balaban J connectivity index is 3.34. The molecule has 0 aromatic carbocycles. The van der Waals surface area contributed by atoms with Gasteiger partial charge < -0.3 is 0 Å². The van der Waals surface area contributed by atoms with Gasteiger partial charge >= 0.3 is 0 Å². The Morgan fingerprint density at radius 2 is 1.00 bits per heavy atom. The van der Waals surface area contributed by atoms with Crippen LogP contribution in [0.3, 0.4) is 0 Å². The molecule has 0 saturated heterocycles. The average Bonchev–Trinajstić information content (AvgIpc) is 1.61. The van der Waals surface area contributed by atoms with Crippen molar-refractivity contribution in [1.82, 2.24) is 0 Å². The van der Waals surface area contributed by atoms with Crippen LogP contribution in [0, 0.1) is 0 Å². The summed E-state index contributed by atoms with van der Waals surface area (Å²) in [4.78, 5) is 0. The van der Waals surface area contributed by atoms with Crippen LogP contribution in [0.2, 0.25) is 26.2 Å². The molecule has 0 saturated carbocycles. The van der Waals surface area contributed by atoms with E-state index in [1.807, 2.05) is 0 Å². The first-order valence-corrected chi connectivity index (χ1v) is 8.07. The van der Waals surface area contributed by atoms with Crippen molar-refractivity contribution in [3.05, 3.63) is 11.4 Å². The van der Waals surface area contributed by atoms with Crippen molar-refractivity contribution < 1.29 is 0 Å². The summed E-state index contributed by atoms with van der Waals surface area (Å²) >= 11 is 0. The summed E-state index contributed by atoms with van der Waals surface area (Å²) in [6.45, 7) is 9.25. The van der Waals surface area contributed by atoms with Gasteiger partial charge in [0.05, 0.1) is 17.6 Å². The number of hydrogen-bond donors (Lipinski definition) is 0. The van der Waals surface area contributed by atoms with Crippen LogP contribution in [-0.2, 0) is 0 Å². The molecule has 0 aromatic heterocycles. The molecule has 0 spiro atoms. The Bertz CT molecular complexity index is 64.6. The van der Waals surface area contributed by atoms with Gasteiger partial charge in [-0.15, -0.1) is 11.4 Å². The van der Waals surface area contributed by atoms with Gasteiger partial charge in [-0.25, -0.2) is 0 Å². The highest BCUT2D eigenvalue weighted by Gasteiger charge is 1.88. The lowest BCUT2D eigenvalue weighted by Crippen LogP contribution is -1.99. The van der Waals surface area contributed by atoms with Crippen molar-refractivity contribution in [2.45, 2.75) is 26.2 Å². The minimum absolute atomic E-state index is 0.0849. The molecule has 0 aromatic rings. The van der Waals surface area contributed by atoms with E-state index in [1.165, 1.54) is 0 Å². The van der Waals surface area contributed by atoms with Gasteiger partial charge in [-0.1, -0.05) is 26.2 Å². The highest BCUT2D eigenvalue weighted by molar-refractivity contribution is 6.67.